The van der Waals surface area contributed by atoms with Crippen molar-refractivity contribution in [3.63, 3.8) is 0 Å². The van der Waals surface area contributed by atoms with Gasteiger partial charge < -0.3 is 9.84 Å². The van der Waals surface area contributed by atoms with Crippen LogP contribution < -0.4 is 0 Å². The van der Waals surface area contributed by atoms with E-state index in [2.05, 4.69) is 9.97 Å². The minimum atomic E-state index is -0.495. The van der Waals surface area contributed by atoms with Gasteiger partial charge in [0.1, 0.15) is 5.75 Å². The standard InChI is InChI=1S/C11H10N2O3/c1-2-16-11(15)10-6-12-9-5-7(14)3-4-8(9)13-10/h3-6,14H,2H2,1H3. The number of hydrogen-bond donors (Lipinski definition) is 1. The third-order valence-electron chi connectivity index (χ3n) is 2.01. The number of carbonyl (C=O) groups is 1. The van der Waals surface area contributed by atoms with Crippen molar-refractivity contribution in [2.75, 3.05) is 6.61 Å². The lowest BCUT2D eigenvalue weighted by molar-refractivity contribution is 0.0519. The molecule has 0 saturated carbocycles. The van der Waals surface area contributed by atoms with E-state index in [4.69, 9.17) is 4.74 Å². The number of fused-ring (bicyclic) bond motifs is 1. The minimum Gasteiger partial charge on any atom is -0.508 e. The molecule has 0 unspecified atom stereocenters. The number of esters is 1. The molecule has 1 N–H and O–H groups in total. The quantitative estimate of drug-likeness (QED) is 0.773. The van der Waals surface area contributed by atoms with E-state index in [9.17, 15) is 9.90 Å². The van der Waals surface area contributed by atoms with Gasteiger partial charge in [0.05, 0.1) is 23.8 Å². The Balaban J connectivity index is 2.44. The van der Waals surface area contributed by atoms with Crippen molar-refractivity contribution in [3.05, 3.63) is 30.1 Å². The summed E-state index contributed by atoms with van der Waals surface area (Å²) in [5, 5.41) is 9.23. The van der Waals surface area contributed by atoms with Crippen LogP contribution in [0.5, 0.6) is 5.75 Å². The van der Waals surface area contributed by atoms with E-state index in [0.29, 0.717) is 17.6 Å². The topological polar surface area (TPSA) is 72.3 Å². The predicted molar refractivity (Wildman–Crippen MR) is 57.2 cm³/mol. The summed E-state index contributed by atoms with van der Waals surface area (Å²) < 4.78 is 4.81. The molecule has 1 heterocycles. The van der Waals surface area contributed by atoms with Gasteiger partial charge >= 0.3 is 5.97 Å². The molecule has 0 amide bonds. The number of aromatic nitrogens is 2. The van der Waals surface area contributed by atoms with Crippen molar-refractivity contribution in [2.24, 2.45) is 0 Å². The molecule has 82 valence electrons. The number of nitrogens with zero attached hydrogens (tertiary/aromatic N) is 2. The summed E-state index contributed by atoms with van der Waals surface area (Å²) >= 11 is 0. The summed E-state index contributed by atoms with van der Waals surface area (Å²) in [6.07, 6.45) is 1.33. The highest BCUT2D eigenvalue weighted by Gasteiger charge is 2.09. The number of aromatic hydroxyl groups is 1. The molecule has 0 spiro atoms. The molecular weight excluding hydrogens is 208 g/mol. The second-order valence-electron chi connectivity index (χ2n) is 3.15. The Hall–Kier alpha value is -2.17. The first kappa shape index (κ1) is 10.4. The van der Waals surface area contributed by atoms with E-state index in [0.717, 1.165) is 0 Å². The average Bonchev–Trinajstić information content (AvgIpc) is 2.28. The fourth-order valence-electron chi connectivity index (χ4n) is 1.30. The Labute approximate surface area is 91.7 Å². The molecule has 0 saturated heterocycles. The SMILES string of the molecule is CCOC(=O)c1cnc2cc(O)ccc2n1. The molecule has 0 fully saturated rings. The predicted octanol–water partition coefficient (Wildman–Crippen LogP) is 1.51. The van der Waals surface area contributed by atoms with Gasteiger partial charge in [-0.1, -0.05) is 0 Å². The van der Waals surface area contributed by atoms with Crippen LogP contribution in [-0.4, -0.2) is 27.7 Å². The van der Waals surface area contributed by atoms with Crippen LogP contribution in [0.2, 0.25) is 0 Å². The number of phenols is 1. The number of carbonyl (C=O) groups excluding carboxylic acids is 1. The van der Waals surface area contributed by atoms with Gasteiger partial charge in [0.25, 0.3) is 0 Å². The van der Waals surface area contributed by atoms with Crippen LogP contribution in [-0.2, 0) is 4.74 Å². The van der Waals surface area contributed by atoms with Crippen LogP contribution in [0.25, 0.3) is 11.0 Å². The fraction of sp³-hybridized carbons (Fsp3) is 0.182. The van der Waals surface area contributed by atoms with Crippen molar-refractivity contribution in [3.8, 4) is 5.75 Å². The van der Waals surface area contributed by atoms with Crippen LogP contribution in [0.15, 0.2) is 24.4 Å². The van der Waals surface area contributed by atoms with E-state index >= 15 is 0 Å². The maximum Gasteiger partial charge on any atom is 0.358 e. The van der Waals surface area contributed by atoms with Gasteiger partial charge in [-0.2, -0.15) is 0 Å². The summed E-state index contributed by atoms with van der Waals surface area (Å²) in [4.78, 5) is 19.5. The van der Waals surface area contributed by atoms with E-state index in [1.807, 2.05) is 0 Å². The zero-order chi connectivity index (χ0) is 11.5. The largest absolute Gasteiger partial charge is 0.508 e. The second-order valence-corrected chi connectivity index (χ2v) is 3.15. The maximum absolute atomic E-state index is 11.4. The molecule has 2 aromatic rings. The monoisotopic (exact) mass is 218 g/mol. The zero-order valence-corrected chi connectivity index (χ0v) is 8.67. The van der Waals surface area contributed by atoms with Gasteiger partial charge in [-0.3, -0.25) is 4.98 Å². The third-order valence-corrected chi connectivity index (χ3v) is 2.01. The van der Waals surface area contributed by atoms with Crippen molar-refractivity contribution in [1.82, 2.24) is 9.97 Å². The molecule has 16 heavy (non-hydrogen) atoms. The summed E-state index contributed by atoms with van der Waals surface area (Å²) in [6.45, 7) is 2.03. The van der Waals surface area contributed by atoms with Gasteiger partial charge in [-0.05, 0) is 19.1 Å². The molecule has 5 heteroatoms. The Morgan fingerprint density at radius 3 is 3.00 bits per heavy atom. The molecule has 5 nitrogen and oxygen atoms in total. The Bertz CT molecular complexity index is 540. The first-order valence-electron chi connectivity index (χ1n) is 4.83. The van der Waals surface area contributed by atoms with Gasteiger partial charge in [0, 0.05) is 6.07 Å². The average molecular weight is 218 g/mol. The van der Waals surface area contributed by atoms with Gasteiger partial charge in [0.15, 0.2) is 5.69 Å². The molecular formula is C11H10N2O3. The molecule has 0 radical (unpaired) electrons. The highest BCUT2D eigenvalue weighted by Crippen LogP contribution is 2.16. The zero-order valence-electron chi connectivity index (χ0n) is 8.67. The van der Waals surface area contributed by atoms with Gasteiger partial charge in [-0.25, -0.2) is 9.78 Å². The maximum atomic E-state index is 11.4. The summed E-state index contributed by atoms with van der Waals surface area (Å²) in [5.41, 5.74) is 1.25. The smallest absolute Gasteiger partial charge is 0.358 e. The van der Waals surface area contributed by atoms with E-state index in [-0.39, 0.29) is 11.4 Å². The second kappa shape index (κ2) is 4.14. The minimum absolute atomic E-state index is 0.116. The van der Waals surface area contributed by atoms with Crippen molar-refractivity contribution in [1.29, 1.82) is 0 Å². The molecule has 1 aromatic heterocycles. The molecule has 2 rings (SSSR count). The Morgan fingerprint density at radius 2 is 2.25 bits per heavy atom. The van der Waals surface area contributed by atoms with Gasteiger partial charge in [-0.15, -0.1) is 0 Å². The van der Waals surface area contributed by atoms with Crippen LogP contribution in [0, 0.1) is 0 Å². The lowest BCUT2D eigenvalue weighted by Crippen LogP contribution is -2.07. The number of ether oxygens (including phenoxy) is 1. The molecule has 0 aliphatic heterocycles. The molecule has 0 bridgehead atoms. The third kappa shape index (κ3) is 1.93. The molecule has 0 aliphatic rings. The summed E-state index contributed by atoms with van der Waals surface area (Å²) in [6, 6.07) is 4.57. The lowest BCUT2D eigenvalue weighted by Gasteiger charge is -2.02. The highest BCUT2D eigenvalue weighted by atomic mass is 16.5. The molecule has 1 aromatic carbocycles. The first-order valence-corrected chi connectivity index (χ1v) is 4.83. The van der Waals surface area contributed by atoms with E-state index in [1.54, 1.807) is 13.0 Å². The number of phenolic OH excluding ortho intramolecular Hbond substituents is 1. The van der Waals surface area contributed by atoms with E-state index < -0.39 is 5.97 Å². The first-order chi connectivity index (χ1) is 7.70. The van der Waals surface area contributed by atoms with Crippen LogP contribution in [0.4, 0.5) is 0 Å². The fourth-order valence-corrected chi connectivity index (χ4v) is 1.30. The molecule has 0 aliphatic carbocycles. The van der Waals surface area contributed by atoms with Gasteiger partial charge in [0.2, 0.25) is 0 Å². The number of hydrogen-bond acceptors (Lipinski definition) is 5. The van der Waals surface area contributed by atoms with E-state index in [1.165, 1.54) is 18.3 Å². The Morgan fingerprint density at radius 1 is 1.44 bits per heavy atom. The van der Waals surface area contributed by atoms with Crippen molar-refractivity contribution in [2.45, 2.75) is 6.92 Å². The lowest BCUT2D eigenvalue weighted by atomic mass is 10.3. The molecule has 0 atom stereocenters. The number of benzene rings is 1. The van der Waals surface area contributed by atoms with Crippen LogP contribution >= 0.6 is 0 Å². The number of rotatable bonds is 2. The normalized spacial score (nSPS) is 10.3. The summed E-state index contributed by atoms with van der Waals surface area (Å²) in [7, 11) is 0. The summed E-state index contributed by atoms with van der Waals surface area (Å²) in [5.74, 6) is -0.379. The van der Waals surface area contributed by atoms with Crippen molar-refractivity contribution < 1.29 is 14.6 Å². The van der Waals surface area contributed by atoms with Crippen LogP contribution in [0.1, 0.15) is 17.4 Å². The highest BCUT2D eigenvalue weighted by molar-refractivity contribution is 5.89. The van der Waals surface area contributed by atoms with Crippen molar-refractivity contribution >= 4 is 17.0 Å². The van der Waals surface area contributed by atoms with Crippen LogP contribution in [0.3, 0.4) is 0 Å². The Kier molecular flexibility index (Phi) is 2.68.